The van der Waals surface area contributed by atoms with Crippen LogP contribution in [0.2, 0.25) is 0 Å². The first-order chi connectivity index (χ1) is 10.2. The van der Waals surface area contributed by atoms with E-state index in [0.29, 0.717) is 6.54 Å². The number of aromatic nitrogens is 1. The Hall–Kier alpha value is -1.89. The average Bonchev–Trinajstić information content (AvgIpc) is 2.52. The highest BCUT2D eigenvalue weighted by Crippen LogP contribution is 2.27. The number of aliphatic hydroxyl groups excluding tert-OH is 2. The van der Waals surface area contributed by atoms with Crippen LogP contribution in [0.1, 0.15) is 0 Å². The van der Waals surface area contributed by atoms with E-state index < -0.39 is 6.10 Å². The van der Waals surface area contributed by atoms with E-state index >= 15 is 0 Å². The Kier molecular flexibility index (Phi) is 5.74. The van der Waals surface area contributed by atoms with Crippen molar-refractivity contribution in [1.29, 1.82) is 0 Å². The molecule has 21 heavy (non-hydrogen) atoms. The molecule has 2 rings (SSSR count). The summed E-state index contributed by atoms with van der Waals surface area (Å²) in [5, 5.41) is 22.6. The third-order valence-corrected chi connectivity index (χ3v) is 2.99. The number of ether oxygens (including phenoxy) is 2. The zero-order valence-corrected chi connectivity index (χ0v) is 12.0. The van der Waals surface area contributed by atoms with Gasteiger partial charge in [-0.1, -0.05) is 6.07 Å². The Morgan fingerprint density at radius 1 is 1.38 bits per heavy atom. The fourth-order valence-corrected chi connectivity index (χ4v) is 1.99. The van der Waals surface area contributed by atoms with Crippen LogP contribution in [0.25, 0.3) is 10.9 Å². The van der Waals surface area contributed by atoms with Crippen LogP contribution < -0.4 is 10.1 Å². The Balaban J connectivity index is 2.06. The Bertz CT molecular complexity index is 577. The van der Waals surface area contributed by atoms with Crippen molar-refractivity contribution in [3.63, 3.8) is 0 Å². The van der Waals surface area contributed by atoms with Crippen molar-refractivity contribution in [2.24, 2.45) is 0 Å². The maximum Gasteiger partial charge on any atom is 0.121 e. The summed E-state index contributed by atoms with van der Waals surface area (Å²) in [6.45, 7) is 0.665. The van der Waals surface area contributed by atoms with Crippen molar-refractivity contribution in [2.45, 2.75) is 6.10 Å². The zero-order chi connectivity index (χ0) is 15.1. The van der Waals surface area contributed by atoms with Crippen molar-refractivity contribution >= 4 is 16.6 Å². The average molecular weight is 292 g/mol. The predicted molar refractivity (Wildman–Crippen MR) is 80.7 cm³/mol. The molecule has 0 aliphatic heterocycles. The summed E-state index contributed by atoms with van der Waals surface area (Å²) in [4.78, 5) is 4.35. The van der Waals surface area contributed by atoms with E-state index in [-0.39, 0.29) is 19.8 Å². The second-order valence-electron chi connectivity index (χ2n) is 4.58. The summed E-state index contributed by atoms with van der Waals surface area (Å²) in [6.07, 6.45) is 1.06. The highest BCUT2D eigenvalue weighted by molar-refractivity contribution is 5.91. The molecule has 0 saturated carbocycles. The normalized spacial score (nSPS) is 12.3. The molecule has 0 aliphatic rings. The molecular formula is C15H20N2O4. The summed E-state index contributed by atoms with van der Waals surface area (Å²) in [5.41, 5.74) is 1.62. The molecule has 0 radical (unpaired) electrons. The molecule has 0 bridgehead atoms. The van der Waals surface area contributed by atoms with Gasteiger partial charge in [-0.2, -0.15) is 0 Å². The second kappa shape index (κ2) is 7.78. The minimum absolute atomic E-state index is 0.0510. The van der Waals surface area contributed by atoms with E-state index in [0.717, 1.165) is 22.3 Å². The van der Waals surface area contributed by atoms with Crippen molar-refractivity contribution in [1.82, 2.24) is 4.98 Å². The molecule has 6 heteroatoms. The van der Waals surface area contributed by atoms with Gasteiger partial charge in [0.25, 0.3) is 0 Å². The molecule has 1 aromatic carbocycles. The predicted octanol–water partition coefficient (Wildman–Crippen LogP) is 1.03. The van der Waals surface area contributed by atoms with Crippen molar-refractivity contribution < 1.29 is 19.7 Å². The van der Waals surface area contributed by atoms with E-state index in [4.69, 9.17) is 14.6 Å². The Morgan fingerprint density at radius 2 is 2.24 bits per heavy atom. The van der Waals surface area contributed by atoms with Crippen LogP contribution >= 0.6 is 0 Å². The zero-order valence-electron chi connectivity index (χ0n) is 12.0. The van der Waals surface area contributed by atoms with Gasteiger partial charge in [0.2, 0.25) is 0 Å². The van der Waals surface area contributed by atoms with E-state index in [1.165, 1.54) is 0 Å². The lowest BCUT2D eigenvalue weighted by Gasteiger charge is -2.15. The SMILES string of the molecule is COc1cc(NCC(O)COCCO)c2ncccc2c1. The topological polar surface area (TPSA) is 83.8 Å². The van der Waals surface area contributed by atoms with Crippen LogP contribution in [0, 0.1) is 0 Å². The third kappa shape index (κ3) is 4.29. The van der Waals surface area contributed by atoms with Gasteiger partial charge < -0.3 is 25.0 Å². The first-order valence-corrected chi connectivity index (χ1v) is 6.78. The number of nitrogens with one attached hydrogen (secondary N) is 1. The molecule has 1 aromatic heterocycles. The monoisotopic (exact) mass is 292 g/mol. The molecule has 2 aromatic rings. The van der Waals surface area contributed by atoms with Crippen molar-refractivity contribution in [3.8, 4) is 5.75 Å². The Morgan fingerprint density at radius 3 is 3.00 bits per heavy atom. The van der Waals surface area contributed by atoms with Gasteiger partial charge in [-0.05, 0) is 12.1 Å². The lowest BCUT2D eigenvalue weighted by Crippen LogP contribution is -2.25. The number of hydrogen-bond donors (Lipinski definition) is 3. The van der Waals surface area contributed by atoms with Crippen LogP contribution in [0.5, 0.6) is 5.75 Å². The van der Waals surface area contributed by atoms with Crippen LogP contribution in [0.4, 0.5) is 5.69 Å². The van der Waals surface area contributed by atoms with Crippen molar-refractivity contribution in [2.75, 3.05) is 38.8 Å². The molecule has 0 aliphatic carbocycles. The number of aliphatic hydroxyl groups is 2. The fourth-order valence-electron chi connectivity index (χ4n) is 1.99. The highest BCUT2D eigenvalue weighted by Gasteiger charge is 2.08. The molecule has 0 saturated heterocycles. The van der Waals surface area contributed by atoms with Gasteiger partial charge in [-0.25, -0.2) is 0 Å². The van der Waals surface area contributed by atoms with Gasteiger partial charge in [-0.15, -0.1) is 0 Å². The molecule has 3 N–H and O–H groups in total. The van der Waals surface area contributed by atoms with Crippen LogP contribution in [-0.4, -0.2) is 54.8 Å². The highest BCUT2D eigenvalue weighted by atomic mass is 16.5. The maximum absolute atomic E-state index is 9.81. The number of fused-ring (bicyclic) bond motifs is 1. The first-order valence-electron chi connectivity index (χ1n) is 6.78. The van der Waals surface area contributed by atoms with E-state index in [1.807, 2.05) is 24.3 Å². The number of pyridine rings is 1. The van der Waals surface area contributed by atoms with Gasteiger partial charge in [0.15, 0.2) is 0 Å². The largest absolute Gasteiger partial charge is 0.497 e. The molecule has 1 unspecified atom stereocenters. The van der Waals surface area contributed by atoms with Gasteiger partial charge in [0.1, 0.15) is 5.75 Å². The molecule has 1 heterocycles. The van der Waals surface area contributed by atoms with Gasteiger partial charge in [0.05, 0.1) is 44.2 Å². The van der Waals surface area contributed by atoms with E-state index in [9.17, 15) is 5.11 Å². The molecule has 6 nitrogen and oxygen atoms in total. The number of benzene rings is 1. The summed E-state index contributed by atoms with van der Waals surface area (Å²) in [5.74, 6) is 0.726. The lowest BCUT2D eigenvalue weighted by atomic mass is 10.1. The molecule has 0 spiro atoms. The number of rotatable bonds is 8. The first kappa shape index (κ1) is 15.5. The minimum atomic E-state index is -0.665. The standard InChI is InChI=1S/C15H20N2O4/c1-20-13-7-11-3-2-4-16-15(11)14(8-13)17-9-12(19)10-21-6-5-18/h2-4,7-8,12,17-19H,5-6,9-10H2,1H3. The number of anilines is 1. The molecular weight excluding hydrogens is 272 g/mol. The smallest absolute Gasteiger partial charge is 0.121 e. The number of hydrogen-bond acceptors (Lipinski definition) is 6. The minimum Gasteiger partial charge on any atom is -0.497 e. The van der Waals surface area contributed by atoms with Crippen LogP contribution in [-0.2, 0) is 4.74 Å². The van der Waals surface area contributed by atoms with Gasteiger partial charge >= 0.3 is 0 Å². The van der Waals surface area contributed by atoms with Crippen LogP contribution in [0.3, 0.4) is 0 Å². The van der Waals surface area contributed by atoms with Crippen LogP contribution in [0.15, 0.2) is 30.5 Å². The number of methoxy groups -OCH3 is 1. The molecule has 1 atom stereocenters. The maximum atomic E-state index is 9.81. The molecule has 0 amide bonds. The Labute approximate surface area is 123 Å². The fraction of sp³-hybridized carbons (Fsp3) is 0.400. The third-order valence-electron chi connectivity index (χ3n) is 2.99. The second-order valence-corrected chi connectivity index (χ2v) is 4.58. The summed E-state index contributed by atoms with van der Waals surface area (Å²) < 4.78 is 10.4. The molecule has 114 valence electrons. The summed E-state index contributed by atoms with van der Waals surface area (Å²) in [6, 6.07) is 7.57. The van der Waals surface area contributed by atoms with E-state index in [2.05, 4.69) is 10.3 Å². The van der Waals surface area contributed by atoms with E-state index in [1.54, 1.807) is 13.3 Å². The van der Waals surface area contributed by atoms with Crippen molar-refractivity contribution in [3.05, 3.63) is 30.5 Å². The summed E-state index contributed by atoms with van der Waals surface area (Å²) in [7, 11) is 1.61. The lowest BCUT2D eigenvalue weighted by molar-refractivity contribution is 0.0269. The summed E-state index contributed by atoms with van der Waals surface area (Å²) >= 11 is 0. The quantitative estimate of drug-likeness (QED) is 0.630. The van der Waals surface area contributed by atoms with Gasteiger partial charge in [-0.3, -0.25) is 4.98 Å². The van der Waals surface area contributed by atoms with Gasteiger partial charge in [0, 0.05) is 24.2 Å². The molecule has 0 fully saturated rings. The number of nitrogens with zero attached hydrogens (tertiary/aromatic N) is 1.